The zero-order valence-electron chi connectivity index (χ0n) is 44.4. The molecule has 6 aliphatic rings. The number of fused-ring (bicyclic) bond motifs is 3. The second kappa shape index (κ2) is 24.6. The van der Waals surface area contributed by atoms with E-state index in [1.165, 1.54) is 54.6 Å². The van der Waals surface area contributed by atoms with Crippen LogP contribution in [0.2, 0.25) is 6.32 Å². The van der Waals surface area contributed by atoms with Crippen LogP contribution in [-0.4, -0.2) is 164 Å². The van der Waals surface area contributed by atoms with E-state index in [0.29, 0.717) is 0 Å². The highest BCUT2D eigenvalue weighted by atomic mass is 16.6. The van der Waals surface area contributed by atoms with E-state index in [1.807, 2.05) is 0 Å². The van der Waals surface area contributed by atoms with Crippen LogP contribution in [0, 0.1) is 0 Å². The number of imide groups is 6. The number of hydrogen-bond donors (Lipinski definition) is 5. The van der Waals surface area contributed by atoms with Crippen LogP contribution in [0.4, 0.5) is 0 Å². The molecule has 0 saturated carbocycles. The summed E-state index contributed by atoms with van der Waals surface area (Å²) in [6.45, 7) is 9.45. The van der Waals surface area contributed by atoms with Crippen molar-refractivity contribution < 1.29 is 101 Å². The molecular formula is C53H53BN6O21. The summed E-state index contributed by atoms with van der Waals surface area (Å²) in [6, 6.07) is 9.66. The third-order valence-electron chi connectivity index (χ3n) is 12.0. The lowest BCUT2D eigenvalue weighted by Crippen LogP contribution is -2.54. The minimum absolute atomic E-state index is 0.0132. The number of nitrogens with one attached hydrogen (secondary N) is 3. The topological polar surface area (TPSA) is 379 Å². The highest BCUT2D eigenvalue weighted by Crippen LogP contribution is 2.36. The number of benzene rings is 3. The number of carbonyl (C=O) groups excluding carboxylic acids is 14. The average molecular weight is 1120 g/mol. The Morgan fingerprint density at radius 2 is 0.840 bits per heavy atom. The van der Waals surface area contributed by atoms with Gasteiger partial charge in [0.2, 0.25) is 35.4 Å². The van der Waals surface area contributed by atoms with Gasteiger partial charge in [0.25, 0.3) is 41.4 Å². The van der Waals surface area contributed by atoms with Crippen molar-refractivity contribution in [3.63, 3.8) is 0 Å². The Kier molecular flexibility index (Phi) is 18.4. The van der Waals surface area contributed by atoms with Crippen molar-refractivity contribution in [2.24, 2.45) is 0 Å². The van der Waals surface area contributed by atoms with E-state index < -0.39 is 125 Å². The molecule has 3 fully saturated rings. The van der Waals surface area contributed by atoms with E-state index in [2.05, 4.69) is 16.0 Å². The summed E-state index contributed by atoms with van der Waals surface area (Å²) in [6.07, 6.45) is 0.271. The summed E-state index contributed by atoms with van der Waals surface area (Å²) in [5.74, 6) is -10.0. The van der Waals surface area contributed by atoms with Crippen molar-refractivity contribution in [2.45, 2.75) is 116 Å². The fourth-order valence-corrected chi connectivity index (χ4v) is 8.74. The Labute approximate surface area is 461 Å². The lowest BCUT2D eigenvalue weighted by atomic mass is 10.0. The van der Waals surface area contributed by atoms with Crippen LogP contribution in [0.5, 0.6) is 17.2 Å². The standard InChI is InChI=1S/C19H20N2O7.C15H12N2O7.C13H10N2O5.C6H11BO2/c1-19(2,3)28-14(23)9-27-12-6-4-5-10-15(12)18(26)21(17(10)25)11-7-8-13(22)20-16(11)24;18-10-5-4-8(13(21)16-10)17-14(22)7-2-1-3-9(12(7)15(17)23)24-6-11(19)20;16-8-3-1-2-6-10(8)13(20)15(12(6)19)7-4-5-9(17)14-11(7)18;1-6(2,3)9-5(8)4-7/h4-6,11H,7-9H2,1-3H3,(H,20,22,24);1-3,8H,4-6H2,(H,19,20)(H,16,18,21);1-3,7,16H,4-5H2,(H,14,17,18);4H2,1-3H3. The fourth-order valence-electron chi connectivity index (χ4n) is 8.74. The Hall–Kier alpha value is -9.63. The molecule has 3 saturated heterocycles. The van der Waals surface area contributed by atoms with Gasteiger partial charge < -0.3 is 29.2 Å². The lowest BCUT2D eigenvalue weighted by Gasteiger charge is -2.27. The molecule has 3 aromatic carbocycles. The monoisotopic (exact) mass is 1120 g/mol. The number of piperidine rings is 3. The predicted octanol–water partition coefficient (Wildman–Crippen LogP) is 1.07. The summed E-state index contributed by atoms with van der Waals surface area (Å²) in [5.41, 5.74) is -1.09. The lowest BCUT2D eigenvalue weighted by molar-refractivity contribution is -0.157. The molecule has 3 unspecified atom stereocenters. The molecule has 0 aliphatic carbocycles. The van der Waals surface area contributed by atoms with Gasteiger partial charge >= 0.3 is 11.9 Å². The summed E-state index contributed by atoms with van der Waals surface area (Å²) in [4.78, 5) is 180. The van der Waals surface area contributed by atoms with Gasteiger partial charge in [-0.1, -0.05) is 18.2 Å². The third kappa shape index (κ3) is 14.0. The molecule has 0 spiro atoms. The normalized spacial score (nSPS) is 19.3. The number of hydrogen-bond acceptors (Lipinski definition) is 20. The molecule has 27 nitrogen and oxygen atoms in total. The van der Waals surface area contributed by atoms with Gasteiger partial charge in [0, 0.05) is 25.6 Å². The maximum Gasteiger partial charge on any atom is 0.344 e. The predicted molar refractivity (Wildman–Crippen MR) is 272 cm³/mol. The number of phenolic OH excluding ortho intramolecular Hbond substituents is 1. The number of ether oxygens (including phenoxy) is 4. The molecule has 3 aromatic rings. The number of esters is 2. The number of aromatic hydroxyl groups is 1. The first-order valence-electron chi connectivity index (χ1n) is 24.8. The number of rotatable bonds is 10. The quantitative estimate of drug-likeness (QED) is 0.108. The van der Waals surface area contributed by atoms with Crippen molar-refractivity contribution in [3.05, 3.63) is 88.0 Å². The van der Waals surface area contributed by atoms with Gasteiger partial charge in [-0.2, -0.15) is 0 Å². The molecule has 9 rings (SSSR count). The van der Waals surface area contributed by atoms with E-state index >= 15 is 0 Å². The smallest absolute Gasteiger partial charge is 0.344 e. The van der Waals surface area contributed by atoms with Gasteiger partial charge in [0.05, 0.1) is 41.2 Å². The summed E-state index contributed by atoms with van der Waals surface area (Å²) >= 11 is 0. The number of nitrogens with zero attached hydrogens (tertiary/aromatic N) is 3. The number of carbonyl (C=O) groups is 15. The first-order valence-corrected chi connectivity index (χ1v) is 24.8. The Morgan fingerprint density at radius 1 is 0.506 bits per heavy atom. The SMILES string of the molecule is CC(C)(C)OC(=O)COc1cccc2c1C(=O)N(C1CCC(=O)NC1=O)C2=O.O=C(O)COc1cccc2c1C(=O)N(C1CCC(=O)NC1=O)C2=O.O=C1CCC(N2C(=O)c3cccc(O)c3C2=O)C(=O)N1.[B]CC(=O)OC(C)(C)C. The maximum atomic E-state index is 12.9. The van der Waals surface area contributed by atoms with Crippen LogP contribution in [-0.2, 0) is 52.6 Å². The Bertz CT molecular complexity index is 3210. The Balaban J connectivity index is 0.000000184. The second-order valence-corrected chi connectivity index (χ2v) is 20.2. The van der Waals surface area contributed by atoms with E-state index in [4.69, 9.17) is 31.9 Å². The third-order valence-corrected chi connectivity index (χ3v) is 12.0. The number of phenols is 1. The van der Waals surface area contributed by atoms with E-state index in [9.17, 15) is 77.0 Å². The maximum absolute atomic E-state index is 12.9. The van der Waals surface area contributed by atoms with Crippen LogP contribution in [0.1, 0.15) is 142 Å². The van der Waals surface area contributed by atoms with Crippen LogP contribution in [0.15, 0.2) is 54.6 Å². The van der Waals surface area contributed by atoms with E-state index in [0.717, 1.165) is 14.7 Å². The first-order chi connectivity index (χ1) is 37.9. The van der Waals surface area contributed by atoms with Crippen LogP contribution in [0.25, 0.3) is 0 Å². The second-order valence-electron chi connectivity index (χ2n) is 20.2. The molecular weight excluding hydrogens is 1070 g/mol. The largest absolute Gasteiger partial charge is 0.507 e. The summed E-state index contributed by atoms with van der Waals surface area (Å²) in [7, 11) is 5.00. The van der Waals surface area contributed by atoms with E-state index in [-0.39, 0.29) is 101 Å². The molecule has 0 bridgehead atoms. The molecule has 0 aromatic heterocycles. The molecule has 6 aliphatic heterocycles. The highest BCUT2D eigenvalue weighted by Gasteiger charge is 2.49. The molecule has 28 heteroatoms. The van der Waals surface area contributed by atoms with Crippen LogP contribution < -0.4 is 25.4 Å². The number of carboxylic acids is 1. The first kappa shape index (κ1) is 60.6. The van der Waals surface area contributed by atoms with Crippen molar-refractivity contribution in [2.75, 3.05) is 13.2 Å². The fraction of sp³-hybridized carbons (Fsp3) is 0.377. The highest BCUT2D eigenvalue weighted by molar-refractivity contribution is 6.26. The minimum Gasteiger partial charge on any atom is -0.507 e. The average Bonchev–Trinajstić information content (AvgIpc) is 4.03. The minimum atomic E-state index is -1.23. The number of carboxylic acid groups (broad SMARTS) is 1. The van der Waals surface area contributed by atoms with Crippen LogP contribution in [0.3, 0.4) is 0 Å². The van der Waals surface area contributed by atoms with Gasteiger partial charge in [-0.25, -0.2) is 9.59 Å². The molecule has 12 amide bonds. The van der Waals surface area contributed by atoms with Gasteiger partial charge in [-0.05, 0) is 97.2 Å². The summed E-state index contributed by atoms with van der Waals surface area (Å²) < 4.78 is 20.5. The van der Waals surface area contributed by atoms with Gasteiger partial charge in [-0.15, -0.1) is 0 Å². The molecule has 2 radical (unpaired) electrons. The van der Waals surface area contributed by atoms with Crippen molar-refractivity contribution in [1.82, 2.24) is 30.7 Å². The molecule has 81 heavy (non-hydrogen) atoms. The zero-order chi connectivity index (χ0) is 60.0. The van der Waals surface area contributed by atoms with Gasteiger partial charge in [0.15, 0.2) is 13.2 Å². The number of amides is 12. The molecule has 3 atom stereocenters. The van der Waals surface area contributed by atoms with Crippen molar-refractivity contribution in [1.29, 1.82) is 0 Å². The van der Waals surface area contributed by atoms with Crippen LogP contribution >= 0.6 is 0 Å². The zero-order valence-corrected chi connectivity index (χ0v) is 44.4. The Morgan fingerprint density at radius 3 is 1.16 bits per heavy atom. The van der Waals surface area contributed by atoms with Crippen molar-refractivity contribution in [3.8, 4) is 17.2 Å². The van der Waals surface area contributed by atoms with E-state index in [1.54, 1.807) is 41.5 Å². The molecule has 424 valence electrons. The number of aliphatic carboxylic acids is 1. The van der Waals surface area contributed by atoms with Gasteiger partial charge in [0.1, 0.15) is 46.6 Å². The van der Waals surface area contributed by atoms with Crippen molar-refractivity contribution >= 4 is 96.6 Å². The molecule has 5 N–H and O–H groups in total. The summed E-state index contributed by atoms with van der Waals surface area (Å²) in [5, 5.41) is 24.7. The van der Waals surface area contributed by atoms with Gasteiger partial charge in [-0.3, -0.25) is 93.0 Å². The molecule has 6 heterocycles.